The highest BCUT2D eigenvalue weighted by Gasteiger charge is 2.36. The number of hydrogen-bond acceptors (Lipinski definition) is 6. The molecule has 1 saturated heterocycles. The molecule has 2 aromatic heterocycles. The molecule has 0 saturated carbocycles. The Morgan fingerprint density at radius 3 is 2.87 bits per heavy atom. The van der Waals surface area contributed by atoms with Gasteiger partial charge in [0.05, 0.1) is 23.2 Å². The topological polar surface area (TPSA) is 98.3 Å². The molecule has 0 aliphatic carbocycles. The van der Waals surface area contributed by atoms with Crippen LogP contribution in [0.15, 0.2) is 24.5 Å². The Morgan fingerprint density at radius 2 is 2.26 bits per heavy atom. The van der Waals surface area contributed by atoms with Crippen LogP contribution in [0.1, 0.15) is 41.7 Å². The van der Waals surface area contributed by atoms with Gasteiger partial charge in [-0.2, -0.15) is 0 Å². The van der Waals surface area contributed by atoms with Crippen LogP contribution in [0.3, 0.4) is 0 Å². The van der Waals surface area contributed by atoms with Gasteiger partial charge < -0.3 is 15.6 Å². The van der Waals surface area contributed by atoms with Crippen LogP contribution in [0.2, 0.25) is 0 Å². The van der Waals surface area contributed by atoms with E-state index < -0.39 is 12.0 Å². The fourth-order valence-corrected chi connectivity index (χ4v) is 3.80. The summed E-state index contributed by atoms with van der Waals surface area (Å²) in [6.45, 7) is 3.88. The lowest BCUT2D eigenvalue weighted by atomic mass is 9.90. The predicted molar refractivity (Wildman–Crippen MR) is 86.9 cm³/mol. The lowest BCUT2D eigenvalue weighted by Crippen LogP contribution is -2.38. The minimum absolute atomic E-state index is 0.0500. The van der Waals surface area contributed by atoms with Crippen molar-refractivity contribution in [2.75, 3.05) is 0 Å². The zero-order valence-corrected chi connectivity index (χ0v) is 13.8. The molecule has 1 amide bonds. The molecular formula is C16H19N3O3S. The molecule has 0 aromatic carbocycles. The number of carbonyl (C=O) groups excluding carboxylic acids is 1. The average Bonchev–Trinajstić information content (AvgIpc) is 2.98. The summed E-state index contributed by atoms with van der Waals surface area (Å²) in [6, 6.07) is 3.69. The van der Waals surface area contributed by atoms with Crippen LogP contribution < -0.4 is 5.73 Å². The monoisotopic (exact) mass is 333 g/mol. The Bertz CT molecular complexity index is 692. The zero-order chi connectivity index (χ0) is 16.6. The fraction of sp³-hybridized carbons (Fsp3) is 0.438. The Labute approximate surface area is 138 Å². The summed E-state index contributed by atoms with van der Waals surface area (Å²) < 4.78 is 5.98. The smallest absolute Gasteiger partial charge is 0.268 e. The molecule has 1 fully saturated rings. The van der Waals surface area contributed by atoms with Gasteiger partial charge in [-0.15, -0.1) is 11.3 Å². The van der Waals surface area contributed by atoms with E-state index in [1.54, 1.807) is 12.4 Å². The Balaban J connectivity index is 1.98. The first kappa shape index (κ1) is 16.0. The molecule has 3 N–H and O–H groups in total. The van der Waals surface area contributed by atoms with Gasteiger partial charge >= 0.3 is 0 Å². The summed E-state index contributed by atoms with van der Waals surface area (Å²) in [5.41, 5.74) is 6.52. The molecule has 6 nitrogen and oxygen atoms in total. The summed E-state index contributed by atoms with van der Waals surface area (Å²) in [7, 11) is 0. The highest BCUT2D eigenvalue weighted by atomic mass is 32.1. The van der Waals surface area contributed by atoms with E-state index in [0.717, 1.165) is 5.56 Å². The standard InChI is InChI=1S/C16H19N3O3S/c1-8-9(2)22-12(6-11(8)20)14-13(15(17)21)19-16(23-14)10-4-3-5-18-7-10/h3-5,7-9,11-12,20H,6H2,1-2H3,(H2,17,21). The van der Waals surface area contributed by atoms with Crippen molar-refractivity contribution in [2.24, 2.45) is 11.7 Å². The number of nitrogens with two attached hydrogens (primary N) is 1. The van der Waals surface area contributed by atoms with Crippen molar-refractivity contribution in [3.05, 3.63) is 35.1 Å². The summed E-state index contributed by atoms with van der Waals surface area (Å²) >= 11 is 1.36. The van der Waals surface area contributed by atoms with E-state index in [2.05, 4.69) is 9.97 Å². The van der Waals surface area contributed by atoms with Crippen LogP contribution in [-0.4, -0.2) is 33.2 Å². The van der Waals surface area contributed by atoms with Crippen molar-refractivity contribution < 1.29 is 14.6 Å². The molecular weight excluding hydrogens is 314 g/mol. The number of pyridine rings is 1. The van der Waals surface area contributed by atoms with E-state index in [1.807, 2.05) is 26.0 Å². The predicted octanol–water partition coefficient (Wildman–Crippen LogP) is 2.15. The molecule has 0 radical (unpaired) electrons. The number of ether oxygens (including phenoxy) is 1. The largest absolute Gasteiger partial charge is 0.393 e. The summed E-state index contributed by atoms with van der Waals surface area (Å²) in [5.74, 6) is -0.537. The lowest BCUT2D eigenvalue weighted by molar-refractivity contribution is -0.124. The number of amides is 1. The summed E-state index contributed by atoms with van der Waals surface area (Å²) in [6.07, 6.45) is 2.84. The first-order valence-corrected chi connectivity index (χ1v) is 8.33. The highest BCUT2D eigenvalue weighted by Crippen LogP contribution is 2.40. The van der Waals surface area contributed by atoms with Crippen molar-refractivity contribution in [3.8, 4) is 10.6 Å². The van der Waals surface area contributed by atoms with Gasteiger partial charge in [0.1, 0.15) is 10.7 Å². The number of aliphatic hydroxyl groups excluding tert-OH is 1. The third-order valence-corrected chi connectivity index (χ3v) is 5.47. The molecule has 23 heavy (non-hydrogen) atoms. The third-order valence-electron chi connectivity index (χ3n) is 4.27. The van der Waals surface area contributed by atoms with E-state index in [-0.39, 0.29) is 23.8 Å². The molecule has 0 bridgehead atoms. The molecule has 122 valence electrons. The average molecular weight is 333 g/mol. The second kappa shape index (κ2) is 6.35. The van der Waals surface area contributed by atoms with Crippen LogP contribution >= 0.6 is 11.3 Å². The van der Waals surface area contributed by atoms with Crippen LogP contribution in [0, 0.1) is 5.92 Å². The Morgan fingerprint density at radius 1 is 1.48 bits per heavy atom. The second-order valence-electron chi connectivity index (χ2n) is 5.83. The van der Waals surface area contributed by atoms with Gasteiger partial charge in [0.2, 0.25) is 0 Å². The molecule has 1 aliphatic rings. The number of carbonyl (C=O) groups is 1. The Hall–Kier alpha value is -1.83. The Kier molecular flexibility index (Phi) is 4.43. The quantitative estimate of drug-likeness (QED) is 0.897. The molecule has 4 atom stereocenters. The van der Waals surface area contributed by atoms with Gasteiger partial charge in [0.15, 0.2) is 0 Å². The van der Waals surface area contributed by atoms with Gasteiger partial charge in [0.25, 0.3) is 5.91 Å². The number of rotatable bonds is 3. The SMILES string of the molecule is CC1OC(c2sc(-c3cccnc3)nc2C(N)=O)CC(O)C1C. The molecule has 4 unspecified atom stereocenters. The number of aromatic nitrogens is 2. The minimum atomic E-state index is -0.587. The van der Waals surface area contributed by atoms with E-state index in [1.165, 1.54) is 11.3 Å². The maximum Gasteiger partial charge on any atom is 0.268 e. The van der Waals surface area contributed by atoms with E-state index in [9.17, 15) is 9.90 Å². The number of primary amides is 1. The summed E-state index contributed by atoms with van der Waals surface area (Å²) in [5, 5.41) is 10.9. The van der Waals surface area contributed by atoms with Crippen LogP contribution in [0.5, 0.6) is 0 Å². The highest BCUT2D eigenvalue weighted by molar-refractivity contribution is 7.15. The van der Waals surface area contributed by atoms with E-state index in [4.69, 9.17) is 10.5 Å². The van der Waals surface area contributed by atoms with Crippen LogP contribution in [-0.2, 0) is 4.74 Å². The van der Waals surface area contributed by atoms with Gasteiger partial charge in [-0.3, -0.25) is 9.78 Å². The van der Waals surface area contributed by atoms with Gasteiger partial charge in [-0.05, 0) is 19.1 Å². The van der Waals surface area contributed by atoms with Crippen molar-refractivity contribution in [1.82, 2.24) is 9.97 Å². The minimum Gasteiger partial charge on any atom is -0.393 e. The van der Waals surface area contributed by atoms with Gasteiger partial charge in [0, 0.05) is 30.3 Å². The second-order valence-corrected chi connectivity index (χ2v) is 6.86. The molecule has 3 heterocycles. The molecule has 7 heteroatoms. The molecule has 2 aromatic rings. The molecule has 1 aliphatic heterocycles. The number of nitrogens with zero attached hydrogens (tertiary/aromatic N) is 2. The lowest BCUT2D eigenvalue weighted by Gasteiger charge is -2.36. The van der Waals surface area contributed by atoms with Crippen molar-refractivity contribution in [3.63, 3.8) is 0 Å². The number of aliphatic hydroxyl groups is 1. The number of thiazole rings is 1. The third kappa shape index (κ3) is 3.12. The van der Waals surface area contributed by atoms with Crippen LogP contribution in [0.25, 0.3) is 10.6 Å². The van der Waals surface area contributed by atoms with Crippen molar-refractivity contribution in [1.29, 1.82) is 0 Å². The maximum atomic E-state index is 11.8. The first-order valence-electron chi connectivity index (χ1n) is 7.51. The fourth-order valence-electron chi connectivity index (χ4n) is 2.69. The van der Waals surface area contributed by atoms with Crippen molar-refractivity contribution >= 4 is 17.2 Å². The van der Waals surface area contributed by atoms with Crippen LogP contribution in [0.4, 0.5) is 0 Å². The number of hydrogen-bond donors (Lipinski definition) is 2. The summed E-state index contributed by atoms with van der Waals surface area (Å²) in [4.78, 5) is 20.9. The maximum absolute atomic E-state index is 11.8. The van der Waals surface area contributed by atoms with Crippen molar-refractivity contribution in [2.45, 2.75) is 38.6 Å². The van der Waals surface area contributed by atoms with E-state index in [0.29, 0.717) is 16.3 Å². The first-order chi connectivity index (χ1) is 11.0. The normalized spacial score (nSPS) is 27.8. The molecule has 0 spiro atoms. The van der Waals surface area contributed by atoms with Gasteiger partial charge in [-0.1, -0.05) is 6.92 Å². The van der Waals surface area contributed by atoms with Gasteiger partial charge in [-0.25, -0.2) is 4.98 Å². The molecule has 3 rings (SSSR count). The zero-order valence-electron chi connectivity index (χ0n) is 13.0. The van der Waals surface area contributed by atoms with E-state index >= 15 is 0 Å².